The molecule has 0 aliphatic rings. The Bertz CT molecular complexity index is 564. The molecular weight excluding hydrogens is 287 g/mol. The van der Waals surface area contributed by atoms with Gasteiger partial charge in [-0.2, -0.15) is 0 Å². The Labute approximate surface area is 106 Å². The second-order valence-electron chi connectivity index (χ2n) is 3.50. The number of halogens is 2. The number of carboxylic acids is 1. The minimum Gasteiger partial charge on any atom is -0.478 e. The lowest BCUT2D eigenvalue weighted by molar-refractivity contribution is 0.0697. The maximum atomic E-state index is 13.2. The van der Waals surface area contributed by atoms with E-state index in [0.29, 0.717) is 11.1 Å². The third-order valence-electron chi connectivity index (χ3n) is 2.37. The molecule has 0 aliphatic heterocycles. The highest BCUT2D eigenvalue weighted by atomic mass is 79.9. The van der Waals surface area contributed by atoms with Crippen molar-refractivity contribution in [1.82, 2.24) is 0 Å². The zero-order valence-electron chi connectivity index (χ0n) is 8.65. The highest BCUT2D eigenvalue weighted by Gasteiger charge is 2.12. The maximum absolute atomic E-state index is 13.2. The van der Waals surface area contributed by atoms with Gasteiger partial charge in [-0.1, -0.05) is 28.1 Å². The summed E-state index contributed by atoms with van der Waals surface area (Å²) in [5.74, 6) is -1.52. The predicted octanol–water partition coefficient (Wildman–Crippen LogP) is 3.95. The Morgan fingerprint density at radius 2 is 1.76 bits per heavy atom. The van der Waals surface area contributed by atoms with Gasteiger partial charge in [-0.05, 0) is 41.5 Å². The highest BCUT2D eigenvalue weighted by molar-refractivity contribution is 9.10. The molecule has 0 atom stereocenters. The third-order valence-corrected chi connectivity index (χ3v) is 2.90. The van der Waals surface area contributed by atoms with Gasteiger partial charge in [0.25, 0.3) is 0 Å². The van der Waals surface area contributed by atoms with Crippen LogP contribution in [0, 0.1) is 5.82 Å². The zero-order chi connectivity index (χ0) is 12.4. The van der Waals surface area contributed by atoms with Gasteiger partial charge in [0.1, 0.15) is 5.82 Å². The second kappa shape index (κ2) is 4.67. The summed E-state index contributed by atoms with van der Waals surface area (Å²) in [4.78, 5) is 11.0. The van der Waals surface area contributed by atoms with Crippen LogP contribution >= 0.6 is 15.9 Å². The van der Waals surface area contributed by atoms with Crippen LogP contribution in [0.15, 0.2) is 46.9 Å². The van der Waals surface area contributed by atoms with Crippen molar-refractivity contribution in [3.8, 4) is 11.1 Å². The fourth-order valence-corrected chi connectivity index (χ4v) is 1.84. The van der Waals surface area contributed by atoms with Crippen LogP contribution in [0.5, 0.6) is 0 Å². The van der Waals surface area contributed by atoms with Crippen LogP contribution in [0.2, 0.25) is 0 Å². The Hall–Kier alpha value is -1.68. The number of rotatable bonds is 2. The summed E-state index contributed by atoms with van der Waals surface area (Å²) in [6, 6.07) is 10.7. The first-order chi connectivity index (χ1) is 8.08. The molecule has 0 radical (unpaired) electrons. The van der Waals surface area contributed by atoms with Crippen molar-refractivity contribution in [2.24, 2.45) is 0 Å². The summed E-state index contributed by atoms with van der Waals surface area (Å²) in [5.41, 5.74) is 1.14. The molecule has 0 fully saturated rings. The SMILES string of the molecule is O=C(O)c1ccc(F)cc1-c1ccc(Br)cc1. The number of carbonyl (C=O) groups is 1. The fourth-order valence-electron chi connectivity index (χ4n) is 1.57. The van der Waals surface area contributed by atoms with Crippen molar-refractivity contribution in [2.75, 3.05) is 0 Å². The van der Waals surface area contributed by atoms with E-state index in [0.717, 1.165) is 10.5 Å². The van der Waals surface area contributed by atoms with E-state index in [4.69, 9.17) is 5.11 Å². The van der Waals surface area contributed by atoms with Gasteiger partial charge in [-0.3, -0.25) is 0 Å². The minimum absolute atomic E-state index is 0.0914. The number of carboxylic acid groups (broad SMARTS) is 1. The van der Waals surface area contributed by atoms with E-state index in [2.05, 4.69) is 15.9 Å². The standard InChI is InChI=1S/C13H8BrFO2/c14-9-3-1-8(2-4-9)12-7-10(15)5-6-11(12)13(16)17/h1-7H,(H,16,17). The molecule has 0 saturated heterocycles. The smallest absolute Gasteiger partial charge is 0.336 e. The topological polar surface area (TPSA) is 37.3 Å². The van der Waals surface area contributed by atoms with Gasteiger partial charge in [0.2, 0.25) is 0 Å². The first-order valence-electron chi connectivity index (χ1n) is 4.87. The molecule has 0 amide bonds. The van der Waals surface area contributed by atoms with E-state index in [1.807, 2.05) is 0 Å². The fraction of sp³-hybridized carbons (Fsp3) is 0. The van der Waals surface area contributed by atoms with Gasteiger partial charge in [-0.25, -0.2) is 9.18 Å². The average Bonchev–Trinajstić information content (AvgIpc) is 2.29. The zero-order valence-corrected chi connectivity index (χ0v) is 10.2. The number of aromatic carboxylic acids is 1. The van der Waals surface area contributed by atoms with Crippen LogP contribution < -0.4 is 0 Å². The Balaban J connectivity index is 2.60. The first kappa shape index (κ1) is 11.8. The number of hydrogen-bond acceptors (Lipinski definition) is 1. The van der Waals surface area contributed by atoms with Gasteiger partial charge in [0.15, 0.2) is 0 Å². The summed E-state index contributed by atoms with van der Waals surface area (Å²) >= 11 is 3.29. The molecular formula is C13H8BrFO2. The number of hydrogen-bond donors (Lipinski definition) is 1. The molecule has 1 N–H and O–H groups in total. The van der Waals surface area contributed by atoms with Crippen LogP contribution in [-0.2, 0) is 0 Å². The number of benzene rings is 2. The quantitative estimate of drug-likeness (QED) is 0.910. The van der Waals surface area contributed by atoms with Crippen molar-refractivity contribution in [3.05, 3.63) is 58.3 Å². The van der Waals surface area contributed by atoms with Crippen LogP contribution in [0.4, 0.5) is 4.39 Å². The summed E-state index contributed by atoms with van der Waals surface area (Å²) in [7, 11) is 0. The molecule has 17 heavy (non-hydrogen) atoms. The van der Waals surface area contributed by atoms with Gasteiger partial charge >= 0.3 is 5.97 Å². The molecule has 2 aromatic carbocycles. The van der Waals surface area contributed by atoms with Crippen molar-refractivity contribution in [3.63, 3.8) is 0 Å². The molecule has 0 unspecified atom stereocenters. The molecule has 0 bridgehead atoms. The molecule has 0 aliphatic carbocycles. The third kappa shape index (κ3) is 2.53. The molecule has 2 rings (SSSR count). The Morgan fingerprint density at radius 3 is 2.35 bits per heavy atom. The average molecular weight is 295 g/mol. The van der Waals surface area contributed by atoms with Gasteiger partial charge in [0, 0.05) is 4.47 Å². The maximum Gasteiger partial charge on any atom is 0.336 e. The lowest BCUT2D eigenvalue weighted by Gasteiger charge is -2.06. The summed E-state index contributed by atoms with van der Waals surface area (Å²) in [5, 5.41) is 9.04. The second-order valence-corrected chi connectivity index (χ2v) is 4.42. The predicted molar refractivity (Wildman–Crippen MR) is 66.5 cm³/mol. The lowest BCUT2D eigenvalue weighted by Crippen LogP contribution is -1.99. The van der Waals surface area contributed by atoms with Crippen molar-refractivity contribution < 1.29 is 14.3 Å². The van der Waals surface area contributed by atoms with Crippen LogP contribution in [0.3, 0.4) is 0 Å². The molecule has 0 heterocycles. The van der Waals surface area contributed by atoms with E-state index in [9.17, 15) is 9.18 Å². The summed E-state index contributed by atoms with van der Waals surface area (Å²) < 4.78 is 14.1. The summed E-state index contributed by atoms with van der Waals surface area (Å²) in [6.45, 7) is 0. The van der Waals surface area contributed by atoms with E-state index >= 15 is 0 Å². The Morgan fingerprint density at radius 1 is 1.12 bits per heavy atom. The van der Waals surface area contributed by atoms with Gasteiger partial charge < -0.3 is 5.11 Å². The lowest BCUT2D eigenvalue weighted by atomic mass is 10.00. The summed E-state index contributed by atoms with van der Waals surface area (Å²) in [6.07, 6.45) is 0. The van der Waals surface area contributed by atoms with E-state index in [-0.39, 0.29) is 5.56 Å². The molecule has 0 spiro atoms. The van der Waals surface area contributed by atoms with E-state index in [1.54, 1.807) is 24.3 Å². The molecule has 86 valence electrons. The largest absolute Gasteiger partial charge is 0.478 e. The molecule has 2 aromatic rings. The molecule has 0 aromatic heterocycles. The monoisotopic (exact) mass is 294 g/mol. The normalized spacial score (nSPS) is 10.2. The van der Waals surface area contributed by atoms with Crippen LogP contribution in [-0.4, -0.2) is 11.1 Å². The minimum atomic E-state index is -1.07. The van der Waals surface area contributed by atoms with Crippen molar-refractivity contribution >= 4 is 21.9 Å². The van der Waals surface area contributed by atoms with Crippen LogP contribution in [0.1, 0.15) is 10.4 Å². The van der Waals surface area contributed by atoms with Crippen LogP contribution in [0.25, 0.3) is 11.1 Å². The molecule has 4 heteroatoms. The van der Waals surface area contributed by atoms with Gasteiger partial charge in [0.05, 0.1) is 5.56 Å². The van der Waals surface area contributed by atoms with E-state index < -0.39 is 11.8 Å². The van der Waals surface area contributed by atoms with Crippen molar-refractivity contribution in [1.29, 1.82) is 0 Å². The highest BCUT2D eigenvalue weighted by Crippen LogP contribution is 2.26. The van der Waals surface area contributed by atoms with E-state index in [1.165, 1.54) is 12.1 Å². The van der Waals surface area contributed by atoms with Crippen molar-refractivity contribution in [2.45, 2.75) is 0 Å². The van der Waals surface area contributed by atoms with Gasteiger partial charge in [-0.15, -0.1) is 0 Å². The molecule has 0 saturated carbocycles. The first-order valence-corrected chi connectivity index (χ1v) is 5.66. The molecule has 2 nitrogen and oxygen atoms in total. The Kier molecular flexibility index (Phi) is 3.24.